The van der Waals surface area contributed by atoms with Gasteiger partial charge in [-0.05, 0) is 42.9 Å². The van der Waals surface area contributed by atoms with Crippen LogP contribution >= 0.6 is 0 Å². The molecule has 8 heteroatoms. The zero-order valence-electron chi connectivity index (χ0n) is 18.7. The second-order valence-electron chi connectivity index (χ2n) is 8.87. The number of hydrogen-bond donors (Lipinski definition) is 2. The van der Waals surface area contributed by atoms with E-state index in [-0.39, 0.29) is 25.6 Å². The van der Waals surface area contributed by atoms with Gasteiger partial charge >= 0.3 is 6.09 Å². The van der Waals surface area contributed by atoms with Gasteiger partial charge in [0, 0.05) is 12.5 Å². The maximum absolute atomic E-state index is 13.1. The van der Waals surface area contributed by atoms with E-state index < -0.39 is 29.6 Å². The molecule has 1 heterocycles. The molecule has 3 amide bonds. The molecular formula is C25H29N3O5. The van der Waals surface area contributed by atoms with Gasteiger partial charge in [0.2, 0.25) is 5.91 Å². The number of rotatable bonds is 6. The van der Waals surface area contributed by atoms with Crippen LogP contribution in [0.1, 0.15) is 43.2 Å². The second-order valence-corrected chi connectivity index (χ2v) is 8.87. The van der Waals surface area contributed by atoms with Crippen molar-refractivity contribution in [1.29, 1.82) is 0 Å². The van der Waals surface area contributed by atoms with E-state index in [1.165, 1.54) is 0 Å². The molecule has 174 valence electrons. The van der Waals surface area contributed by atoms with E-state index in [9.17, 15) is 14.4 Å². The minimum absolute atomic E-state index is 0.0470. The quantitative estimate of drug-likeness (QED) is 0.699. The number of carbonyl (C=O) groups is 3. The van der Waals surface area contributed by atoms with Crippen molar-refractivity contribution in [1.82, 2.24) is 10.2 Å². The van der Waals surface area contributed by atoms with E-state index >= 15 is 0 Å². The Balaban J connectivity index is 1.55. The van der Waals surface area contributed by atoms with Crippen LogP contribution in [-0.4, -0.2) is 47.5 Å². The average Bonchev–Trinajstić information content (AvgIpc) is 2.81. The highest BCUT2D eigenvalue weighted by atomic mass is 16.6. The van der Waals surface area contributed by atoms with Crippen molar-refractivity contribution in [2.75, 3.05) is 13.1 Å². The van der Waals surface area contributed by atoms with E-state index in [1.54, 1.807) is 0 Å². The van der Waals surface area contributed by atoms with E-state index in [0.29, 0.717) is 12.8 Å². The molecule has 3 N–H and O–H groups in total. The summed E-state index contributed by atoms with van der Waals surface area (Å²) < 4.78 is 11.8. The summed E-state index contributed by atoms with van der Waals surface area (Å²) in [6.07, 6.45) is 1.17. The summed E-state index contributed by atoms with van der Waals surface area (Å²) in [4.78, 5) is 39.0. The van der Waals surface area contributed by atoms with Crippen LogP contribution in [0, 0.1) is 0 Å². The third-order valence-corrected chi connectivity index (χ3v) is 6.28. The number of amides is 3. The van der Waals surface area contributed by atoms with E-state index in [0.717, 1.165) is 28.2 Å². The lowest BCUT2D eigenvalue weighted by molar-refractivity contribution is -0.135. The molecule has 2 aliphatic rings. The Hall–Kier alpha value is -3.39. The van der Waals surface area contributed by atoms with Crippen LogP contribution < -0.4 is 15.8 Å². The molecule has 1 aliphatic carbocycles. The van der Waals surface area contributed by atoms with Gasteiger partial charge in [-0.15, -0.1) is 0 Å². The van der Waals surface area contributed by atoms with Crippen LogP contribution in [0.3, 0.4) is 0 Å². The fourth-order valence-corrected chi connectivity index (χ4v) is 4.87. The molecule has 0 aromatic heterocycles. The topological polar surface area (TPSA) is 111 Å². The SMILES string of the molecule is CC12CC(C[C@H](N(C(=O)CNC(=O)CN)C(=O)OCc3ccccc3)C1)c1ccccc1O2. The molecule has 2 aromatic rings. The van der Waals surface area contributed by atoms with Crippen LogP contribution in [-0.2, 0) is 20.9 Å². The number of imide groups is 1. The largest absolute Gasteiger partial charge is 0.487 e. The molecule has 33 heavy (non-hydrogen) atoms. The first-order valence-corrected chi connectivity index (χ1v) is 11.2. The number of para-hydroxylation sites is 1. The lowest BCUT2D eigenvalue weighted by atomic mass is 9.71. The van der Waals surface area contributed by atoms with Gasteiger partial charge in [0.15, 0.2) is 0 Å². The summed E-state index contributed by atoms with van der Waals surface area (Å²) in [7, 11) is 0. The van der Waals surface area contributed by atoms with E-state index in [4.69, 9.17) is 15.2 Å². The zero-order chi connectivity index (χ0) is 23.4. The number of nitrogens with two attached hydrogens (primary N) is 1. The highest BCUT2D eigenvalue weighted by Gasteiger charge is 2.48. The third-order valence-electron chi connectivity index (χ3n) is 6.28. The van der Waals surface area contributed by atoms with Gasteiger partial charge < -0.3 is 20.5 Å². The maximum atomic E-state index is 13.1. The Bertz CT molecular complexity index is 1030. The first-order valence-electron chi connectivity index (χ1n) is 11.2. The first-order chi connectivity index (χ1) is 15.9. The number of ether oxygens (including phenoxy) is 2. The summed E-state index contributed by atoms with van der Waals surface area (Å²) in [5.41, 5.74) is 6.72. The normalized spacial score (nSPS) is 23.0. The standard InChI is InChI=1S/C25H29N3O5/c1-25-12-18(20-9-5-6-10-21(20)33-25)11-19(13-25)28(23(30)15-27-22(29)14-26)24(31)32-16-17-7-3-2-4-8-17/h2-10,18-19H,11-16,26H2,1H3,(H,27,29)/t18?,19-,25?/m0/s1. The highest BCUT2D eigenvalue weighted by molar-refractivity contribution is 5.95. The Labute approximate surface area is 193 Å². The molecule has 1 fully saturated rings. The molecule has 1 aliphatic heterocycles. The van der Waals surface area contributed by atoms with Crippen LogP contribution in [0.2, 0.25) is 0 Å². The number of carbonyl (C=O) groups excluding carboxylic acids is 3. The van der Waals surface area contributed by atoms with E-state index in [2.05, 4.69) is 5.32 Å². The van der Waals surface area contributed by atoms with Gasteiger partial charge in [0.05, 0.1) is 13.1 Å². The van der Waals surface area contributed by atoms with Crippen LogP contribution in [0.5, 0.6) is 5.75 Å². The molecule has 2 unspecified atom stereocenters. The maximum Gasteiger partial charge on any atom is 0.417 e. The Morgan fingerprint density at radius 2 is 1.85 bits per heavy atom. The Morgan fingerprint density at radius 1 is 1.12 bits per heavy atom. The smallest absolute Gasteiger partial charge is 0.417 e. The molecule has 0 spiro atoms. The third kappa shape index (κ3) is 5.17. The van der Waals surface area contributed by atoms with Crippen molar-refractivity contribution in [2.45, 2.75) is 50.4 Å². The summed E-state index contributed by atoms with van der Waals surface area (Å²) in [6.45, 7) is 1.49. The number of nitrogens with one attached hydrogen (secondary N) is 1. The average molecular weight is 452 g/mol. The summed E-state index contributed by atoms with van der Waals surface area (Å²) in [5.74, 6) is 0.00593. The summed E-state index contributed by atoms with van der Waals surface area (Å²) >= 11 is 0. The minimum Gasteiger partial charge on any atom is -0.487 e. The number of fused-ring (bicyclic) bond motifs is 4. The van der Waals surface area contributed by atoms with Gasteiger partial charge in [0.25, 0.3) is 5.91 Å². The second kappa shape index (κ2) is 9.62. The van der Waals surface area contributed by atoms with Gasteiger partial charge in [0.1, 0.15) is 18.0 Å². The van der Waals surface area contributed by atoms with Crippen LogP contribution in [0.15, 0.2) is 54.6 Å². The predicted octanol–water partition coefficient (Wildman–Crippen LogP) is 2.71. The molecule has 0 radical (unpaired) electrons. The lowest BCUT2D eigenvalue weighted by Crippen LogP contribution is -2.56. The van der Waals surface area contributed by atoms with Gasteiger partial charge in [-0.3, -0.25) is 9.59 Å². The zero-order valence-corrected chi connectivity index (χ0v) is 18.7. The van der Waals surface area contributed by atoms with Gasteiger partial charge in [-0.2, -0.15) is 0 Å². The summed E-state index contributed by atoms with van der Waals surface area (Å²) in [6, 6.07) is 16.7. The van der Waals surface area contributed by atoms with Gasteiger partial charge in [-0.25, -0.2) is 9.69 Å². The molecule has 0 saturated heterocycles. The molecular weight excluding hydrogens is 422 g/mol. The van der Waals surface area contributed by atoms with Crippen molar-refractivity contribution in [3.63, 3.8) is 0 Å². The van der Waals surface area contributed by atoms with Crippen LogP contribution in [0.4, 0.5) is 4.79 Å². The Kier molecular flexibility index (Phi) is 6.65. The lowest BCUT2D eigenvalue weighted by Gasteiger charge is -2.48. The number of hydrogen-bond acceptors (Lipinski definition) is 6. The summed E-state index contributed by atoms with van der Waals surface area (Å²) in [5, 5.41) is 2.46. The number of nitrogens with zero attached hydrogens (tertiary/aromatic N) is 1. The van der Waals surface area contributed by atoms with E-state index in [1.807, 2.05) is 61.5 Å². The van der Waals surface area contributed by atoms with Crippen molar-refractivity contribution in [2.24, 2.45) is 5.73 Å². The fourth-order valence-electron chi connectivity index (χ4n) is 4.87. The van der Waals surface area contributed by atoms with Crippen molar-refractivity contribution in [3.8, 4) is 5.75 Å². The fraction of sp³-hybridized carbons (Fsp3) is 0.400. The van der Waals surface area contributed by atoms with Crippen molar-refractivity contribution in [3.05, 3.63) is 65.7 Å². The molecule has 4 rings (SSSR count). The monoisotopic (exact) mass is 451 g/mol. The van der Waals surface area contributed by atoms with Gasteiger partial charge in [-0.1, -0.05) is 48.5 Å². The minimum atomic E-state index is -0.729. The highest BCUT2D eigenvalue weighted by Crippen LogP contribution is 2.49. The molecule has 2 aromatic carbocycles. The van der Waals surface area contributed by atoms with Crippen molar-refractivity contribution < 1.29 is 23.9 Å². The molecule has 3 atom stereocenters. The first kappa shape index (κ1) is 22.8. The molecule has 1 saturated carbocycles. The van der Waals surface area contributed by atoms with Crippen LogP contribution in [0.25, 0.3) is 0 Å². The Morgan fingerprint density at radius 3 is 2.61 bits per heavy atom. The van der Waals surface area contributed by atoms with Crippen molar-refractivity contribution >= 4 is 17.9 Å². The predicted molar refractivity (Wildman–Crippen MR) is 121 cm³/mol. The molecule has 8 nitrogen and oxygen atoms in total. The number of benzene rings is 2. The molecule has 2 bridgehead atoms.